The monoisotopic (exact) mass is 494 g/mol. The van der Waals surface area contributed by atoms with Crippen LogP contribution in [0, 0.1) is 0 Å². The van der Waals surface area contributed by atoms with Gasteiger partial charge in [0.05, 0.1) is 29.8 Å². The number of aromatic nitrogens is 2. The number of hydroxylamine groups is 2. The predicted molar refractivity (Wildman–Crippen MR) is 134 cm³/mol. The summed E-state index contributed by atoms with van der Waals surface area (Å²) in [7, 11) is 1.54. The number of anilines is 2. The molecule has 0 radical (unpaired) electrons. The van der Waals surface area contributed by atoms with Crippen LogP contribution in [0.25, 0.3) is 11.0 Å². The van der Waals surface area contributed by atoms with E-state index in [4.69, 9.17) is 9.57 Å². The highest BCUT2D eigenvalue weighted by Crippen LogP contribution is 2.32. The van der Waals surface area contributed by atoms with Crippen LogP contribution in [0.15, 0.2) is 47.5 Å². The number of ether oxygens (including phenoxy) is 1. The Morgan fingerprint density at radius 2 is 2.03 bits per heavy atom. The standard InChI is InChI=1S/C24H26N6O4S/c1-33-22-5-3-17-23(28-22)18(6-8-25-17)27-24(32)34-30-12-10-29(11-13-30)9-7-16-2-4-20-19(14-16)26-21(31)15-35-20/h2-6,8,14H,7,9-13,15H2,1H3,(H,26,31)(H,25,27,32). The Morgan fingerprint density at radius 1 is 1.17 bits per heavy atom. The molecule has 1 saturated heterocycles. The number of carbonyl (C=O) groups is 2. The number of nitrogens with zero attached hydrogens (tertiary/aromatic N) is 4. The first-order chi connectivity index (χ1) is 17.1. The minimum absolute atomic E-state index is 0.0490. The third-order valence-electron chi connectivity index (χ3n) is 5.94. The number of nitrogens with one attached hydrogen (secondary N) is 2. The lowest BCUT2D eigenvalue weighted by Gasteiger charge is -2.33. The van der Waals surface area contributed by atoms with Crippen molar-refractivity contribution in [3.63, 3.8) is 0 Å². The smallest absolute Gasteiger partial charge is 0.430 e. The van der Waals surface area contributed by atoms with Crippen LogP contribution >= 0.6 is 11.8 Å². The molecule has 2 aromatic heterocycles. The Kier molecular flexibility index (Phi) is 6.98. The van der Waals surface area contributed by atoms with Gasteiger partial charge in [0.15, 0.2) is 0 Å². The third kappa shape index (κ3) is 5.64. The quantitative estimate of drug-likeness (QED) is 0.534. The fraction of sp³-hybridized carbons (Fsp3) is 0.333. The van der Waals surface area contributed by atoms with Crippen LogP contribution in [0.5, 0.6) is 5.88 Å². The molecule has 2 aliphatic heterocycles. The topological polar surface area (TPSA) is 109 Å². The van der Waals surface area contributed by atoms with Crippen molar-refractivity contribution >= 4 is 46.2 Å². The molecule has 0 atom stereocenters. The Balaban J connectivity index is 1.10. The molecule has 5 rings (SSSR count). The lowest BCUT2D eigenvalue weighted by Crippen LogP contribution is -2.47. The first-order valence-corrected chi connectivity index (χ1v) is 12.4. The van der Waals surface area contributed by atoms with E-state index in [1.165, 1.54) is 12.7 Å². The van der Waals surface area contributed by atoms with Gasteiger partial charge in [-0.3, -0.25) is 15.1 Å². The fourth-order valence-corrected chi connectivity index (χ4v) is 4.88. The number of hydrogen-bond donors (Lipinski definition) is 2. The second kappa shape index (κ2) is 10.5. The molecule has 3 aromatic rings. The number of pyridine rings is 2. The average Bonchev–Trinajstić information content (AvgIpc) is 2.88. The molecular formula is C24H26N6O4S. The number of benzene rings is 1. The Bertz CT molecular complexity index is 1250. The molecule has 0 spiro atoms. The summed E-state index contributed by atoms with van der Waals surface area (Å²) < 4.78 is 5.18. The van der Waals surface area contributed by atoms with Crippen molar-refractivity contribution in [2.24, 2.45) is 0 Å². The second-order valence-electron chi connectivity index (χ2n) is 8.27. The van der Waals surface area contributed by atoms with Crippen LogP contribution in [0.3, 0.4) is 0 Å². The number of rotatable bonds is 6. The van der Waals surface area contributed by atoms with Crippen LogP contribution < -0.4 is 15.4 Å². The van der Waals surface area contributed by atoms with Gasteiger partial charge in [-0.1, -0.05) is 6.07 Å². The van der Waals surface area contributed by atoms with Crippen molar-refractivity contribution < 1.29 is 19.2 Å². The van der Waals surface area contributed by atoms with Gasteiger partial charge in [0, 0.05) is 49.9 Å². The number of methoxy groups -OCH3 is 1. The Morgan fingerprint density at radius 3 is 2.86 bits per heavy atom. The maximum absolute atomic E-state index is 12.5. The molecule has 10 nitrogen and oxygen atoms in total. The lowest BCUT2D eigenvalue weighted by atomic mass is 10.1. The molecule has 1 aromatic carbocycles. The molecule has 2 amide bonds. The summed E-state index contributed by atoms with van der Waals surface area (Å²) in [6.07, 6.45) is 1.94. The molecule has 35 heavy (non-hydrogen) atoms. The fourth-order valence-electron chi connectivity index (χ4n) is 4.09. The van der Waals surface area contributed by atoms with Crippen molar-refractivity contribution in [3.8, 4) is 5.88 Å². The minimum atomic E-state index is -0.565. The highest BCUT2D eigenvalue weighted by Gasteiger charge is 2.21. The largest absolute Gasteiger partial charge is 0.481 e. The van der Waals surface area contributed by atoms with Crippen molar-refractivity contribution in [2.45, 2.75) is 11.3 Å². The summed E-state index contributed by atoms with van der Waals surface area (Å²) in [5.41, 5.74) is 3.80. The van der Waals surface area contributed by atoms with Gasteiger partial charge >= 0.3 is 6.09 Å². The SMILES string of the molecule is COc1ccc2nccc(NC(=O)ON3CCN(CCc4ccc5c(c4)NC(=O)CS5)CC3)c2n1. The van der Waals surface area contributed by atoms with Crippen molar-refractivity contribution in [1.82, 2.24) is 19.9 Å². The normalized spacial score (nSPS) is 16.4. The van der Waals surface area contributed by atoms with E-state index in [1.54, 1.807) is 41.2 Å². The van der Waals surface area contributed by atoms with Gasteiger partial charge in [0.25, 0.3) is 0 Å². The van der Waals surface area contributed by atoms with E-state index in [-0.39, 0.29) is 5.91 Å². The number of hydrogen-bond acceptors (Lipinski definition) is 9. The summed E-state index contributed by atoms with van der Waals surface area (Å²) in [6, 6.07) is 11.5. The van der Waals surface area contributed by atoms with Gasteiger partial charge in [-0.05, 0) is 36.2 Å². The van der Waals surface area contributed by atoms with Gasteiger partial charge < -0.3 is 19.8 Å². The van der Waals surface area contributed by atoms with Crippen LogP contribution in [0.2, 0.25) is 0 Å². The zero-order chi connectivity index (χ0) is 24.2. The van der Waals surface area contributed by atoms with Crippen molar-refractivity contribution in [1.29, 1.82) is 0 Å². The van der Waals surface area contributed by atoms with E-state index in [2.05, 4.69) is 43.7 Å². The van der Waals surface area contributed by atoms with Crippen LogP contribution in [0.4, 0.5) is 16.2 Å². The van der Waals surface area contributed by atoms with Gasteiger partial charge in [-0.25, -0.2) is 9.78 Å². The number of amides is 2. The highest BCUT2D eigenvalue weighted by molar-refractivity contribution is 8.00. The first-order valence-electron chi connectivity index (χ1n) is 11.4. The number of fused-ring (bicyclic) bond motifs is 2. The van der Waals surface area contributed by atoms with Gasteiger partial charge in [0.1, 0.15) is 5.52 Å². The van der Waals surface area contributed by atoms with Crippen LogP contribution in [-0.2, 0) is 16.1 Å². The van der Waals surface area contributed by atoms with Gasteiger partial charge in [-0.15, -0.1) is 16.8 Å². The molecule has 0 bridgehead atoms. The van der Waals surface area contributed by atoms with E-state index in [0.717, 1.165) is 36.6 Å². The van der Waals surface area contributed by atoms with Crippen molar-refractivity contribution in [2.75, 3.05) is 56.2 Å². The molecule has 2 aliphatic rings. The second-order valence-corrected chi connectivity index (χ2v) is 9.29. The summed E-state index contributed by atoms with van der Waals surface area (Å²) in [6.45, 7) is 3.72. The number of piperazine rings is 1. The van der Waals surface area contributed by atoms with E-state index < -0.39 is 6.09 Å². The van der Waals surface area contributed by atoms with Crippen LogP contribution in [0.1, 0.15) is 5.56 Å². The molecule has 0 aliphatic carbocycles. The molecule has 182 valence electrons. The molecule has 1 fully saturated rings. The third-order valence-corrected chi connectivity index (χ3v) is 7.01. The Hall–Kier alpha value is -3.41. The molecule has 4 heterocycles. The molecule has 0 saturated carbocycles. The zero-order valence-electron chi connectivity index (χ0n) is 19.3. The highest BCUT2D eigenvalue weighted by atomic mass is 32.2. The number of carbonyl (C=O) groups excluding carboxylic acids is 2. The minimum Gasteiger partial charge on any atom is -0.481 e. The maximum atomic E-state index is 12.5. The predicted octanol–water partition coefficient (Wildman–Crippen LogP) is 3.01. The lowest BCUT2D eigenvalue weighted by molar-refractivity contribution is -0.118. The molecule has 2 N–H and O–H groups in total. The molecular weight excluding hydrogens is 468 g/mol. The Labute approximate surface area is 206 Å². The van der Waals surface area contributed by atoms with Gasteiger partial charge in [-0.2, -0.15) is 0 Å². The van der Waals surface area contributed by atoms with E-state index in [1.807, 2.05) is 0 Å². The van der Waals surface area contributed by atoms with Gasteiger partial charge in [0.2, 0.25) is 11.8 Å². The van der Waals surface area contributed by atoms with E-state index in [0.29, 0.717) is 41.4 Å². The summed E-state index contributed by atoms with van der Waals surface area (Å²) in [5, 5.41) is 7.39. The summed E-state index contributed by atoms with van der Waals surface area (Å²) in [4.78, 5) is 41.8. The average molecular weight is 495 g/mol. The van der Waals surface area contributed by atoms with E-state index >= 15 is 0 Å². The van der Waals surface area contributed by atoms with Crippen LogP contribution in [-0.4, -0.2) is 77.5 Å². The first kappa shape index (κ1) is 23.3. The van der Waals surface area contributed by atoms with E-state index in [9.17, 15) is 9.59 Å². The van der Waals surface area contributed by atoms with Crippen molar-refractivity contribution in [3.05, 3.63) is 48.2 Å². The molecule has 0 unspecified atom stereocenters. The maximum Gasteiger partial charge on any atom is 0.430 e. The molecule has 11 heteroatoms. The summed E-state index contributed by atoms with van der Waals surface area (Å²) in [5.74, 6) is 0.964. The number of thioether (sulfide) groups is 1. The summed E-state index contributed by atoms with van der Waals surface area (Å²) >= 11 is 1.57. The zero-order valence-corrected chi connectivity index (χ0v) is 20.1.